The van der Waals surface area contributed by atoms with Crippen LogP contribution in [-0.4, -0.2) is 36.5 Å². The van der Waals surface area contributed by atoms with Crippen molar-refractivity contribution in [3.05, 3.63) is 35.9 Å². The SMILES string of the molecule is C[C@@H]1CN(C(=O)CCN)C[C@@H](c2ccccc2)O1. The largest absolute Gasteiger partial charge is 0.367 e. The molecule has 4 nitrogen and oxygen atoms in total. The van der Waals surface area contributed by atoms with Crippen LogP contribution in [0, 0.1) is 0 Å². The van der Waals surface area contributed by atoms with E-state index in [1.807, 2.05) is 42.2 Å². The molecule has 2 rings (SSSR count). The molecule has 0 aromatic heterocycles. The molecule has 0 unspecified atom stereocenters. The van der Waals surface area contributed by atoms with Gasteiger partial charge in [-0.25, -0.2) is 0 Å². The Morgan fingerprint density at radius 3 is 2.78 bits per heavy atom. The second-order valence-corrected chi connectivity index (χ2v) is 4.68. The summed E-state index contributed by atoms with van der Waals surface area (Å²) in [6.07, 6.45) is 0.441. The Kier molecular flexibility index (Phi) is 4.33. The summed E-state index contributed by atoms with van der Waals surface area (Å²) in [5, 5.41) is 0. The van der Waals surface area contributed by atoms with E-state index in [-0.39, 0.29) is 18.1 Å². The van der Waals surface area contributed by atoms with E-state index in [9.17, 15) is 4.79 Å². The molecule has 98 valence electrons. The van der Waals surface area contributed by atoms with Crippen molar-refractivity contribution in [2.75, 3.05) is 19.6 Å². The van der Waals surface area contributed by atoms with Crippen molar-refractivity contribution in [1.82, 2.24) is 4.90 Å². The van der Waals surface area contributed by atoms with Gasteiger partial charge in [0.1, 0.15) is 6.10 Å². The standard InChI is InChI=1S/C14H20N2O2/c1-11-9-16(14(17)7-8-15)10-13(18-11)12-5-3-2-4-6-12/h2-6,11,13H,7-10,15H2,1H3/t11-,13+/m1/s1. The van der Waals surface area contributed by atoms with Crippen LogP contribution in [0.15, 0.2) is 30.3 Å². The normalized spacial score (nSPS) is 24.0. The highest BCUT2D eigenvalue weighted by Crippen LogP contribution is 2.25. The van der Waals surface area contributed by atoms with Gasteiger partial charge in [0.2, 0.25) is 5.91 Å². The predicted octanol–water partition coefficient (Wildman–Crippen LogP) is 1.32. The number of carbonyl (C=O) groups excluding carboxylic acids is 1. The zero-order chi connectivity index (χ0) is 13.0. The quantitative estimate of drug-likeness (QED) is 0.878. The topological polar surface area (TPSA) is 55.6 Å². The molecule has 0 radical (unpaired) electrons. The first-order valence-electron chi connectivity index (χ1n) is 6.39. The monoisotopic (exact) mass is 248 g/mol. The van der Waals surface area contributed by atoms with Crippen molar-refractivity contribution in [2.24, 2.45) is 5.73 Å². The smallest absolute Gasteiger partial charge is 0.224 e. The lowest BCUT2D eigenvalue weighted by molar-refractivity contribution is -0.144. The van der Waals surface area contributed by atoms with Gasteiger partial charge in [-0.1, -0.05) is 30.3 Å². The number of hydrogen-bond acceptors (Lipinski definition) is 3. The minimum absolute atomic E-state index is 0.0309. The van der Waals surface area contributed by atoms with Crippen LogP contribution in [-0.2, 0) is 9.53 Å². The summed E-state index contributed by atoms with van der Waals surface area (Å²) in [5.74, 6) is 0.119. The van der Waals surface area contributed by atoms with Crippen molar-refractivity contribution < 1.29 is 9.53 Å². The van der Waals surface area contributed by atoms with Gasteiger partial charge in [-0.3, -0.25) is 4.79 Å². The van der Waals surface area contributed by atoms with Crippen LogP contribution >= 0.6 is 0 Å². The minimum Gasteiger partial charge on any atom is -0.367 e. The summed E-state index contributed by atoms with van der Waals surface area (Å²) >= 11 is 0. The Morgan fingerprint density at radius 2 is 2.11 bits per heavy atom. The summed E-state index contributed by atoms with van der Waals surface area (Å²) < 4.78 is 5.91. The number of nitrogens with two attached hydrogens (primary N) is 1. The van der Waals surface area contributed by atoms with Crippen LogP contribution in [0.1, 0.15) is 25.0 Å². The second kappa shape index (κ2) is 5.98. The lowest BCUT2D eigenvalue weighted by Crippen LogP contribution is -2.46. The summed E-state index contributed by atoms with van der Waals surface area (Å²) in [7, 11) is 0. The number of morpholine rings is 1. The van der Waals surface area contributed by atoms with Gasteiger partial charge in [-0.15, -0.1) is 0 Å². The Labute approximate surface area is 108 Å². The van der Waals surface area contributed by atoms with Crippen molar-refractivity contribution in [3.63, 3.8) is 0 Å². The molecule has 1 aliphatic heterocycles. The average Bonchev–Trinajstić information content (AvgIpc) is 2.39. The summed E-state index contributed by atoms with van der Waals surface area (Å²) in [5.41, 5.74) is 6.56. The van der Waals surface area contributed by atoms with Crippen molar-refractivity contribution in [2.45, 2.75) is 25.6 Å². The summed E-state index contributed by atoms with van der Waals surface area (Å²) in [6, 6.07) is 10.0. The average molecular weight is 248 g/mol. The number of benzene rings is 1. The van der Waals surface area contributed by atoms with Gasteiger partial charge in [-0.2, -0.15) is 0 Å². The van der Waals surface area contributed by atoms with Gasteiger partial charge in [0.15, 0.2) is 0 Å². The fourth-order valence-electron chi connectivity index (χ4n) is 2.29. The number of nitrogens with zero attached hydrogens (tertiary/aromatic N) is 1. The molecule has 2 atom stereocenters. The zero-order valence-corrected chi connectivity index (χ0v) is 10.7. The van der Waals surface area contributed by atoms with Gasteiger partial charge in [0, 0.05) is 19.5 Å². The molecule has 1 aromatic carbocycles. The van der Waals surface area contributed by atoms with E-state index >= 15 is 0 Å². The fraction of sp³-hybridized carbons (Fsp3) is 0.500. The molecule has 1 aliphatic rings. The molecule has 4 heteroatoms. The maximum absolute atomic E-state index is 11.9. The van der Waals surface area contributed by atoms with Crippen LogP contribution < -0.4 is 5.73 Å². The molecule has 18 heavy (non-hydrogen) atoms. The van der Waals surface area contributed by atoms with Gasteiger partial charge in [0.05, 0.1) is 12.6 Å². The first-order chi connectivity index (χ1) is 8.70. The molecular formula is C14H20N2O2. The van der Waals surface area contributed by atoms with Crippen molar-refractivity contribution in [3.8, 4) is 0 Å². The predicted molar refractivity (Wildman–Crippen MR) is 70.0 cm³/mol. The Morgan fingerprint density at radius 1 is 1.39 bits per heavy atom. The number of ether oxygens (including phenoxy) is 1. The van der Waals surface area contributed by atoms with Gasteiger partial charge in [-0.05, 0) is 12.5 Å². The number of rotatable bonds is 3. The van der Waals surface area contributed by atoms with E-state index in [1.54, 1.807) is 0 Å². The Balaban J connectivity index is 2.07. The molecule has 1 amide bonds. The molecule has 2 N–H and O–H groups in total. The van der Waals surface area contributed by atoms with Crippen molar-refractivity contribution >= 4 is 5.91 Å². The molecule has 0 spiro atoms. The summed E-state index contributed by atoms with van der Waals surface area (Å²) in [4.78, 5) is 13.8. The van der Waals surface area contributed by atoms with E-state index < -0.39 is 0 Å². The highest BCUT2D eigenvalue weighted by Gasteiger charge is 2.28. The maximum Gasteiger partial charge on any atom is 0.224 e. The van der Waals surface area contributed by atoms with E-state index in [2.05, 4.69) is 0 Å². The third-order valence-corrected chi connectivity index (χ3v) is 3.14. The number of hydrogen-bond donors (Lipinski definition) is 1. The van der Waals surface area contributed by atoms with E-state index in [0.717, 1.165) is 5.56 Å². The highest BCUT2D eigenvalue weighted by molar-refractivity contribution is 5.76. The molecule has 0 saturated carbocycles. The summed E-state index contributed by atoms with van der Waals surface area (Å²) in [6.45, 7) is 3.67. The van der Waals surface area contributed by atoms with E-state index in [1.165, 1.54) is 0 Å². The Bertz CT molecular complexity index is 394. The Hall–Kier alpha value is -1.39. The molecular weight excluding hydrogens is 228 g/mol. The molecule has 1 aromatic rings. The first-order valence-corrected chi connectivity index (χ1v) is 6.39. The van der Waals surface area contributed by atoms with Gasteiger partial charge >= 0.3 is 0 Å². The van der Waals surface area contributed by atoms with Gasteiger partial charge in [0.25, 0.3) is 0 Å². The number of amides is 1. The van der Waals surface area contributed by atoms with Crippen LogP contribution in [0.25, 0.3) is 0 Å². The van der Waals surface area contributed by atoms with E-state index in [4.69, 9.17) is 10.5 Å². The van der Waals surface area contributed by atoms with Crippen LogP contribution in [0.5, 0.6) is 0 Å². The molecule has 1 heterocycles. The van der Waals surface area contributed by atoms with Crippen LogP contribution in [0.2, 0.25) is 0 Å². The molecule has 1 fully saturated rings. The number of carbonyl (C=O) groups is 1. The zero-order valence-electron chi connectivity index (χ0n) is 10.7. The van der Waals surface area contributed by atoms with E-state index in [0.29, 0.717) is 26.1 Å². The third-order valence-electron chi connectivity index (χ3n) is 3.14. The maximum atomic E-state index is 11.9. The molecule has 0 aliphatic carbocycles. The fourth-order valence-corrected chi connectivity index (χ4v) is 2.29. The molecule has 1 saturated heterocycles. The van der Waals surface area contributed by atoms with Crippen LogP contribution in [0.3, 0.4) is 0 Å². The first kappa shape index (κ1) is 13.1. The molecule has 0 bridgehead atoms. The van der Waals surface area contributed by atoms with Crippen LogP contribution in [0.4, 0.5) is 0 Å². The minimum atomic E-state index is -0.0309. The lowest BCUT2D eigenvalue weighted by atomic mass is 10.1. The van der Waals surface area contributed by atoms with Gasteiger partial charge < -0.3 is 15.4 Å². The third kappa shape index (κ3) is 3.09. The second-order valence-electron chi connectivity index (χ2n) is 4.68. The highest BCUT2D eigenvalue weighted by atomic mass is 16.5. The van der Waals surface area contributed by atoms with Crippen molar-refractivity contribution in [1.29, 1.82) is 0 Å². The lowest BCUT2D eigenvalue weighted by Gasteiger charge is -2.37.